The summed E-state index contributed by atoms with van der Waals surface area (Å²) in [5.74, 6) is -4.17. The molecular weight excluding hydrogens is 497 g/mol. The van der Waals surface area contributed by atoms with Crippen LogP contribution in [0.3, 0.4) is 0 Å². The summed E-state index contributed by atoms with van der Waals surface area (Å²) in [6.45, 7) is 4.36. The molecule has 0 bridgehead atoms. The zero-order valence-corrected chi connectivity index (χ0v) is 20.4. The number of aromatic nitrogens is 2. The van der Waals surface area contributed by atoms with Crippen molar-refractivity contribution >= 4 is 40.5 Å². The van der Waals surface area contributed by atoms with E-state index in [2.05, 4.69) is 11.7 Å². The third-order valence-corrected chi connectivity index (χ3v) is 7.92. The van der Waals surface area contributed by atoms with Gasteiger partial charge in [0, 0.05) is 46.5 Å². The van der Waals surface area contributed by atoms with Gasteiger partial charge in [0.15, 0.2) is 5.69 Å². The average Bonchev–Trinajstić information content (AvgIpc) is 3.19. The van der Waals surface area contributed by atoms with Crippen molar-refractivity contribution in [2.75, 3.05) is 19.6 Å². The number of rotatable bonds is 3. The molecule has 4 heterocycles. The lowest BCUT2D eigenvalue weighted by Gasteiger charge is -2.61. The normalized spacial score (nSPS) is 23.4. The molecule has 0 aliphatic carbocycles. The van der Waals surface area contributed by atoms with Crippen LogP contribution >= 0.6 is 23.2 Å². The first-order valence-electron chi connectivity index (χ1n) is 11.1. The Morgan fingerprint density at radius 2 is 1.94 bits per heavy atom. The van der Waals surface area contributed by atoms with Gasteiger partial charge < -0.3 is 9.80 Å². The molecule has 5 rings (SSSR count). The molecule has 2 aliphatic rings. The van der Waals surface area contributed by atoms with Crippen molar-refractivity contribution in [2.45, 2.75) is 25.3 Å². The Balaban J connectivity index is 1.51. The predicted molar refractivity (Wildman–Crippen MR) is 130 cm³/mol. The molecule has 2 atom stereocenters. The van der Waals surface area contributed by atoms with Crippen molar-refractivity contribution in [3.05, 3.63) is 71.0 Å². The van der Waals surface area contributed by atoms with Crippen molar-refractivity contribution in [3.63, 3.8) is 0 Å². The molecule has 2 saturated heterocycles. The summed E-state index contributed by atoms with van der Waals surface area (Å²) in [7, 11) is 0. The molecule has 6 nitrogen and oxygen atoms in total. The standard InChI is InChI=1S/C25H22Cl2F2N4O2/c1-3-20(34)32-13-24(15(32)2)9-11-31(14-25(24,28)29)23(35)22-21(17-6-4-5-7-18(17)27)19-12-16(26)8-10-33(19)30-22/h3-8,10,12,15H,1,9,11,13-14H2,2H3/t15-,24+/m0/s1. The summed E-state index contributed by atoms with van der Waals surface area (Å²) in [5.41, 5.74) is 0.186. The van der Waals surface area contributed by atoms with Gasteiger partial charge in [-0.25, -0.2) is 13.3 Å². The number of benzene rings is 1. The minimum Gasteiger partial charge on any atom is -0.335 e. The molecular formula is C25H22Cl2F2N4O2. The highest BCUT2D eigenvalue weighted by molar-refractivity contribution is 6.34. The van der Waals surface area contributed by atoms with Crippen LogP contribution in [0.25, 0.3) is 16.6 Å². The Hall–Kier alpha value is -2.97. The number of alkyl halides is 2. The molecule has 1 spiro atoms. The van der Waals surface area contributed by atoms with Gasteiger partial charge in [0.25, 0.3) is 11.8 Å². The fourth-order valence-electron chi connectivity index (χ4n) is 5.27. The number of fused-ring (bicyclic) bond motifs is 1. The van der Waals surface area contributed by atoms with Gasteiger partial charge in [-0.05, 0) is 37.6 Å². The van der Waals surface area contributed by atoms with Gasteiger partial charge >= 0.3 is 0 Å². The van der Waals surface area contributed by atoms with E-state index in [4.69, 9.17) is 23.2 Å². The van der Waals surface area contributed by atoms with E-state index >= 15 is 8.78 Å². The number of hydrogen-bond donors (Lipinski definition) is 0. The minimum absolute atomic E-state index is 0.0252. The lowest BCUT2D eigenvalue weighted by Crippen LogP contribution is -2.75. The number of carbonyl (C=O) groups excluding carboxylic acids is 2. The molecule has 2 aliphatic heterocycles. The van der Waals surface area contributed by atoms with Crippen LogP contribution in [0.15, 0.2) is 55.3 Å². The van der Waals surface area contributed by atoms with Crippen LogP contribution in [0.2, 0.25) is 10.0 Å². The number of piperidine rings is 1. The first-order chi connectivity index (χ1) is 16.6. The van der Waals surface area contributed by atoms with Crippen molar-refractivity contribution in [1.82, 2.24) is 19.4 Å². The smallest absolute Gasteiger partial charge is 0.275 e. The zero-order valence-electron chi connectivity index (χ0n) is 18.8. The Bertz CT molecular complexity index is 1370. The van der Waals surface area contributed by atoms with Crippen LogP contribution in [0.1, 0.15) is 23.8 Å². The Kier molecular flexibility index (Phi) is 5.64. The number of likely N-dealkylation sites (tertiary alicyclic amines) is 2. The Morgan fingerprint density at radius 3 is 2.60 bits per heavy atom. The first kappa shape index (κ1) is 23.8. The number of carbonyl (C=O) groups is 2. The van der Waals surface area contributed by atoms with Crippen LogP contribution in [-0.2, 0) is 4.79 Å². The zero-order chi connectivity index (χ0) is 25.1. The fraction of sp³-hybridized carbons (Fsp3) is 0.320. The van der Waals surface area contributed by atoms with E-state index in [0.717, 1.165) is 11.0 Å². The third-order valence-electron chi connectivity index (χ3n) is 7.35. The number of pyridine rings is 1. The average molecular weight is 519 g/mol. The van der Waals surface area contributed by atoms with Gasteiger partial charge in [0.2, 0.25) is 5.91 Å². The van der Waals surface area contributed by atoms with Crippen molar-refractivity contribution in [3.8, 4) is 11.1 Å². The molecule has 0 radical (unpaired) electrons. The highest BCUT2D eigenvalue weighted by Gasteiger charge is 2.67. The van der Waals surface area contributed by atoms with E-state index in [1.54, 1.807) is 49.5 Å². The second-order valence-electron chi connectivity index (χ2n) is 9.06. The second kappa shape index (κ2) is 8.31. The number of nitrogens with zero attached hydrogens (tertiary/aromatic N) is 4. The Labute approximate surface area is 210 Å². The molecule has 182 valence electrons. The summed E-state index contributed by atoms with van der Waals surface area (Å²) in [4.78, 5) is 28.1. The predicted octanol–water partition coefficient (Wildman–Crippen LogP) is 5.19. The summed E-state index contributed by atoms with van der Waals surface area (Å²) in [6, 6.07) is 9.60. The van der Waals surface area contributed by atoms with E-state index in [0.29, 0.717) is 26.7 Å². The second-order valence-corrected chi connectivity index (χ2v) is 9.91. The number of halogens is 4. The SMILES string of the molecule is C=CC(=O)N1C[C@]2(CCN(C(=O)c3nn4ccc(Cl)cc4c3-c3ccccc3Cl)CC2(F)F)[C@@H]1C. The topological polar surface area (TPSA) is 57.9 Å². The van der Waals surface area contributed by atoms with Crippen LogP contribution < -0.4 is 0 Å². The van der Waals surface area contributed by atoms with Gasteiger partial charge in [-0.3, -0.25) is 9.59 Å². The van der Waals surface area contributed by atoms with Gasteiger partial charge in [-0.2, -0.15) is 5.10 Å². The van der Waals surface area contributed by atoms with Gasteiger partial charge in [0.1, 0.15) is 0 Å². The Morgan fingerprint density at radius 1 is 1.20 bits per heavy atom. The number of hydrogen-bond acceptors (Lipinski definition) is 3. The first-order valence-corrected chi connectivity index (χ1v) is 11.9. The maximum atomic E-state index is 15.5. The highest BCUT2D eigenvalue weighted by atomic mass is 35.5. The van der Waals surface area contributed by atoms with Crippen molar-refractivity contribution in [2.24, 2.45) is 5.41 Å². The van der Waals surface area contributed by atoms with E-state index in [1.807, 2.05) is 0 Å². The fourth-order valence-corrected chi connectivity index (χ4v) is 5.66. The largest absolute Gasteiger partial charge is 0.335 e. The summed E-state index contributed by atoms with van der Waals surface area (Å²) in [6.07, 6.45) is 2.80. The number of amides is 2. The van der Waals surface area contributed by atoms with E-state index < -0.39 is 29.8 Å². The molecule has 2 amide bonds. The van der Waals surface area contributed by atoms with Gasteiger partial charge in [-0.1, -0.05) is 48.0 Å². The lowest BCUT2D eigenvalue weighted by atomic mass is 9.63. The van der Waals surface area contributed by atoms with Crippen molar-refractivity contribution < 1.29 is 18.4 Å². The maximum absolute atomic E-state index is 15.5. The molecule has 10 heteroatoms. The highest BCUT2D eigenvalue weighted by Crippen LogP contribution is 2.54. The van der Waals surface area contributed by atoms with Crippen LogP contribution in [0.5, 0.6) is 0 Å². The summed E-state index contributed by atoms with van der Waals surface area (Å²) >= 11 is 12.6. The molecule has 2 fully saturated rings. The maximum Gasteiger partial charge on any atom is 0.275 e. The lowest BCUT2D eigenvalue weighted by molar-refractivity contribution is -0.241. The van der Waals surface area contributed by atoms with Gasteiger partial charge in [0.05, 0.1) is 17.5 Å². The summed E-state index contributed by atoms with van der Waals surface area (Å²) in [5, 5.41) is 5.26. The molecule has 0 saturated carbocycles. The summed E-state index contributed by atoms with van der Waals surface area (Å²) < 4.78 is 32.6. The minimum atomic E-state index is -3.19. The van der Waals surface area contributed by atoms with E-state index in [-0.39, 0.29) is 31.1 Å². The molecule has 3 aromatic rings. The van der Waals surface area contributed by atoms with Gasteiger partial charge in [-0.15, -0.1) is 0 Å². The van der Waals surface area contributed by atoms with Crippen LogP contribution in [-0.4, -0.2) is 62.8 Å². The van der Waals surface area contributed by atoms with E-state index in [9.17, 15) is 9.59 Å². The van der Waals surface area contributed by atoms with E-state index in [1.165, 1.54) is 9.42 Å². The molecule has 2 aromatic heterocycles. The molecule has 0 N–H and O–H groups in total. The van der Waals surface area contributed by atoms with Crippen LogP contribution in [0.4, 0.5) is 8.78 Å². The quantitative estimate of drug-likeness (QED) is 0.448. The monoisotopic (exact) mass is 518 g/mol. The molecule has 1 aromatic carbocycles. The van der Waals surface area contributed by atoms with Crippen LogP contribution in [0, 0.1) is 5.41 Å². The third kappa shape index (κ3) is 3.53. The molecule has 35 heavy (non-hydrogen) atoms. The van der Waals surface area contributed by atoms with Crippen molar-refractivity contribution in [1.29, 1.82) is 0 Å². The molecule has 0 unspecified atom stereocenters.